The van der Waals surface area contributed by atoms with E-state index in [0.717, 1.165) is 72.3 Å². The Morgan fingerprint density at radius 1 is 0.818 bits per heavy atom. The Morgan fingerprint density at radius 3 is 2.30 bits per heavy atom. The fourth-order valence-corrected chi connectivity index (χ4v) is 4.64. The predicted octanol–water partition coefficient (Wildman–Crippen LogP) is 5.26. The Morgan fingerprint density at radius 2 is 1.52 bits per heavy atom. The van der Waals surface area contributed by atoms with E-state index in [0.29, 0.717) is 32.6 Å². The summed E-state index contributed by atoms with van der Waals surface area (Å²) in [5.74, 6) is 1.81. The van der Waals surface area contributed by atoms with Crippen LogP contribution in [0.1, 0.15) is 49.7 Å². The molecule has 176 valence electrons. The summed E-state index contributed by atoms with van der Waals surface area (Å²) in [4.78, 5) is 26.1. The molecular weight excluding hydrogens is 484 g/mol. The maximum Gasteiger partial charge on any atom is 0.227 e. The highest BCUT2D eigenvalue weighted by molar-refractivity contribution is 9.09. The molecular formula is C26H31BrN2O4. The van der Waals surface area contributed by atoms with E-state index in [1.807, 2.05) is 35.2 Å². The van der Waals surface area contributed by atoms with Gasteiger partial charge in [-0.25, -0.2) is 0 Å². The number of benzene rings is 2. The van der Waals surface area contributed by atoms with Crippen molar-refractivity contribution in [1.82, 2.24) is 0 Å². The van der Waals surface area contributed by atoms with Crippen molar-refractivity contribution >= 4 is 39.1 Å². The average Bonchev–Trinajstić information content (AvgIpc) is 2.82. The molecule has 2 amide bonds. The molecule has 2 aliphatic rings. The van der Waals surface area contributed by atoms with Crippen molar-refractivity contribution in [2.24, 2.45) is 0 Å². The zero-order valence-corrected chi connectivity index (χ0v) is 20.5. The Bertz CT molecular complexity index is 994. The summed E-state index contributed by atoms with van der Waals surface area (Å²) in [6.45, 7) is 1.92. The number of unbranched alkanes of at least 4 members (excludes halogenated alkanes) is 2. The van der Waals surface area contributed by atoms with Gasteiger partial charge in [0.1, 0.15) is 11.5 Å². The molecule has 33 heavy (non-hydrogen) atoms. The van der Waals surface area contributed by atoms with Crippen LogP contribution in [0.15, 0.2) is 36.4 Å². The highest BCUT2D eigenvalue weighted by Crippen LogP contribution is 2.32. The molecule has 2 aromatic rings. The van der Waals surface area contributed by atoms with Gasteiger partial charge in [0, 0.05) is 42.5 Å². The number of fused-ring (bicyclic) bond motifs is 2. The summed E-state index contributed by atoms with van der Waals surface area (Å²) in [5, 5.41) is 3.89. The van der Waals surface area contributed by atoms with Crippen LogP contribution in [-0.4, -0.2) is 36.9 Å². The molecule has 0 radical (unpaired) electrons. The van der Waals surface area contributed by atoms with Crippen LogP contribution < -0.4 is 19.7 Å². The van der Waals surface area contributed by atoms with Crippen LogP contribution in [0, 0.1) is 0 Å². The van der Waals surface area contributed by atoms with Crippen molar-refractivity contribution in [2.45, 2.75) is 51.4 Å². The number of halogens is 1. The topological polar surface area (TPSA) is 67.9 Å². The van der Waals surface area contributed by atoms with E-state index in [2.05, 4.69) is 27.3 Å². The van der Waals surface area contributed by atoms with E-state index in [4.69, 9.17) is 9.47 Å². The van der Waals surface area contributed by atoms with Crippen LogP contribution in [0.3, 0.4) is 0 Å². The highest BCUT2D eigenvalue weighted by Gasteiger charge is 2.24. The van der Waals surface area contributed by atoms with Crippen molar-refractivity contribution < 1.29 is 19.1 Å². The van der Waals surface area contributed by atoms with E-state index >= 15 is 0 Å². The number of nitrogens with zero attached hydrogens (tertiary/aromatic N) is 1. The van der Waals surface area contributed by atoms with Crippen molar-refractivity contribution in [3.05, 3.63) is 47.5 Å². The second-order valence-electron chi connectivity index (χ2n) is 8.50. The van der Waals surface area contributed by atoms with Gasteiger partial charge in [-0.3, -0.25) is 9.59 Å². The summed E-state index contributed by atoms with van der Waals surface area (Å²) in [6, 6.07) is 12.0. The van der Waals surface area contributed by atoms with Crippen molar-refractivity contribution in [1.29, 1.82) is 0 Å². The zero-order valence-electron chi connectivity index (χ0n) is 18.9. The van der Waals surface area contributed by atoms with Crippen molar-refractivity contribution in [3.63, 3.8) is 0 Å². The summed E-state index contributed by atoms with van der Waals surface area (Å²) in [7, 11) is 0. The molecule has 6 nitrogen and oxygen atoms in total. The second kappa shape index (κ2) is 11.5. The Labute approximate surface area is 203 Å². The van der Waals surface area contributed by atoms with Gasteiger partial charge in [0.05, 0.1) is 18.9 Å². The number of carbonyl (C=O) groups excluding carboxylic acids is 2. The minimum atomic E-state index is 0.0543. The molecule has 2 aromatic carbocycles. The SMILES string of the molecule is O=C1CCc2ccc(OCCCCN3C(=O)CCc4ccc(OCCCCBr)cc43)cc2N1. The number of amides is 2. The first-order valence-corrected chi connectivity index (χ1v) is 12.9. The minimum Gasteiger partial charge on any atom is -0.494 e. The van der Waals surface area contributed by atoms with Crippen LogP contribution in [-0.2, 0) is 22.4 Å². The van der Waals surface area contributed by atoms with Gasteiger partial charge < -0.3 is 19.7 Å². The lowest BCUT2D eigenvalue weighted by Gasteiger charge is -2.30. The summed E-state index contributed by atoms with van der Waals surface area (Å²) >= 11 is 3.44. The molecule has 0 atom stereocenters. The molecule has 0 unspecified atom stereocenters. The quantitative estimate of drug-likeness (QED) is 0.327. The van der Waals surface area contributed by atoms with Crippen LogP contribution in [0.4, 0.5) is 11.4 Å². The largest absolute Gasteiger partial charge is 0.494 e. The minimum absolute atomic E-state index is 0.0543. The molecule has 2 heterocycles. The fourth-order valence-electron chi connectivity index (χ4n) is 4.24. The van der Waals surface area contributed by atoms with E-state index in [9.17, 15) is 9.59 Å². The molecule has 0 saturated carbocycles. The maximum atomic E-state index is 12.6. The number of rotatable bonds is 11. The first kappa shape index (κ1) is 23.6. The van der Waals surface area contributed by atoms with Gasteiger partial charge in [0.2, 0.25) is 11.8 Å². The second-order valence-corrected chi connectivity index (χ2v) is 9.30. The van der Waals surface area contributed by atoms with E-state index in [1.54, 1.807) is 0 Å². The van der Waals surface area contributed by atoms with Crippen molar-refractivity contribution in [3.8, 4) is 11.5 Å². The van der Waals surface area contributed by atoms with Gasteiger partial charge >= 0.3 is 0 Å². The third kappa shape index (κ3) is 6.28. The number of hydrogen-bond donors (Lipinski definition) is 1. The monoisotopic (exact) mass is 514 g/mol. The molecule has 1 N–H and O–H groups in total. The van der Waals surface area contributed by atoms with Gasteiger partial charge in [0.25, 0.3) is 0 Å². The summed E-state index contributed by atoms with van der Waals surface area (Å²) in [5.41, 5.74) is 4.19. The van der Waals surface area contributed by atoms with Crippen molar-refractivity contribution in [2.75, 3.05) is 35.3 Å². The number of anilines is 2. The van der Waals surface area contributed by atoms with E-state index in [-0.39, 0.29) is 11.8 Å². The van der Waals surface area contributed by atoms with Crippen LogP contribution in [0.5, 0.6) is 11.5 Å². The van der Waals surface area contributed by atoms with Gasteiger partial charge in [-0.2, -0.15) is 0 Å². The van der Waals surface area contributed by atoms with Crippen LogP contribution >= 0.6 is 15.9 Å². The maximum absolute atomic E-state index is 12.6. The number of nitrogens with one attached hydrogen (secondary N) is 1. The smallest absolute Gasteiger partial charge is 0.227 e. The number of aryl methyl sites for hydroxylation is 2. The van der Waals surface area contributed by atoms with Gasteiger partial charge in [0.15, 0.2) is 0 Å². The standard InChI is InChI=1S/C26H31BrN2O4/c27-13-1-3-15-33-22-10-6-20-8-12-26(31)29(24(20)18-22)14-2-4-16-32-21-9-5-19-7-11-25(30)28-23(19)17-21/h5-6,9-10,17-18H,1-4,7-8,11-16H2,(H,28,30). The van der Waals surface area contributed by atoms with Crippen LogP contribution in [0.25, 0.3) is 0 Å². The van der Waals surface area contributed by atoms with Gasteiger partial charge in [-0.15, -0.1) is 0 Å². The molecule has 0 spiro atoms. The predicted molar refractivity (Wildman–Crippen MR) is 134 cm³/mol. The highest BCUT2D eigenvalue weighted by atomic mass is 79.9. The Kier molecular flexibility index (Phi) is 8.26. The first-order chi connectivity index (χ1) is 16.1. The fraction of sp³-hybridized carbons (Fsp3) is 0.462. The average molecular weight is 515 g/mol. The molecule has 0 fully saturated rings. The van der Waals surface area contributed by atoms with Crippen LogP contribution in [0.2, 0.25) is 0 Å². The van der Waals surface area contributed by atoms with E-state index in [1.165, 1.54) is 5.56 Å². The molecule has 0 aromatic heterocycles. The lowest BCUT2D eigenvalue weighted by atomic mass is 10.0. The molecule has 4 rings (SSSR count). The summed E-state index contributed by atoms with van der Waals surface area (Å²) in [6.07, 6.45) is 6.42. The van der Waals surface area contributed by atoms with E-state index < -0.39 is 0 Å². The Hall–Kier alpha value is -2.54. The number of alkyl halides is 1. The number of hydrogen-bond acceptors (Lipinski definition) is 4. The Balaban J connectivity index is 1.27. The first-order valence-electron chi connectivity index (χ1n) is 11.8. The normalized spacial score (nSPS) is 15.0. The molecule has 0 aliphatic carbocycles. The number of ether oxygens (including phenoxy) is 2. The molecule has 0 bridgehead atoms. The third-order valence-corrected chi connectivity index (χ3v) is 6.64. The summed E-state index contributed by atoms with van der Waals surface area (Å²) < 4.78 is 11.8. The van der Waals surface area contributed by atoms with Gasteiger partial charge in [-0.05, 0) is 61.8 Å². The lowest BCUT2D eigenvalue weighted by Crippen LogP contribution is -2.36. The number of carbonyl (C=O) groups is 2. The zero-order chi connectivity index (χ0) is 23.0. The lowest BCUT2D eigenvalue weighted by molar-refractivity contribution is -0.119. The molecule has 0 saturated heterocycles. The van der Waals surface area contributed by atoms with Gasteiger partial charge in [-0.1, -0.05) is 28.1 Å². The molecule has 2 aliphatic heterocycles. The molecule has 7 heteroatoms. The third-order valence-electron chi connectivity index (χ3n) is 6.08.